The smallest absolute Gasteiger partial charge is 0.219 e. The number of carbonyl (C=O) groups is 1. The van der Waals surface area contributed by atoms with Gasteiger partial charge in [-0.2, -0.15) is 0 Å². The molecule has 0 aromatic carbocycles. The van der Waals surface area contributed by atoms with Crippen molar-refractivity contribution in [2.24, 2.45) is 0 Å². The highest BCUT2D eigenvalue weighted by Crippen LogP contribution is 2.07. The Morgan fingerprint density at radius 1 is 1.00 bits per heavy atom. The van der Waals surface area contributed by atoms with Crippen molar-refractivity contribution in [2.45, 2.75) is 11.5 Å². The minimum absolute atomic E-state index is 0.722. The Morgan fingerprint density at radius 3 is 1.25 bits per heavy atom. The number of Topliss-reactive ketones (excluding diaryl/α,β-unsaturated/α-hetero) is 1. The first-order valence-electron chi connectivity index (χ1n) is 2.95. The Morgan fingerprint density at radius 2 is 1.25 bits per heavy atom. The molecule has 0 rings (SSSR count). The zero-order valence-electron chi connectivity index (χ0n) is 6.94. The molecule has 0 N–H and O–H groups in total. The minimum Gasteiger partial charge on any atom is -0.297 e. The van der Waals surface area contributed by atoms with E-state index in [2.05, 4.69) is 0 Å². The number of ketones is 1. The van der Waals surface area contributed by atoms with Gasteiger partial charge >= 0.3 is 0 Å². The standard InChI is InChI=1S/C5H10O5S2/c1-4(6)5(11(2,7)8)12(3,9)10/h5H,1-3H3. The third-order valence-corrected chi connectivity index (χ3v) is 5.43. The highest BCUT2D eigenvalue weighted by molar-refractivity contribution is 8.09. The van der Waals surface area contributed by atoms with E-state index in [1.54, 1.807) is 0 Å². The fourth-order valence-electron chi connectivity index (χ4n) is 0.920. The molecule has 0 spiro atoms. The molecule has 0 radical (unpaired) electrons. The molecule has 12 heavy (non-hydrogen) atoms. The largest absolute Gasteiger partial charge is 0.297 e. The molecule has 5 nitrogen and oxygen atoms in total. The molecular weight excluding hydrogens is 204 g/mol. The molecule has 0 aliphatic heterocycles. The summed E-state index contributed by atoms with van der Waals surface area (Å²) in [5, 5.41) is 0. The number of rotatable bonds is 3. The molecule has 0 aromatic heterocycles. The summed E-state index contributed by atoms with van der Waals surface area (Å²) in [6.45, 7) is 0.937. The first-order valence-corrected chi connectivity index (χ1v) is 6.86. The van der Waals surface area contributed by atoms with Crippen LogP contribution in [0.4, 0.5) is 0 Å². The SMILES string of the molecule is CC(=O)C(S(C)(=O)=O)S(C)(=O)=O. The predicted octanol–water partition coefficient (Wildman–Crippen LogP) is -1.01. The minimum atomic E-state index is -3.86. The van der Waals surface area contributed by atoms with Crippen LogP contribution >= 0.6 is 0 Å². The van der Waals surface area contributed by atoms with Crippen LogP contribution in [0, 0.1) is 0 Å². The Hall–Kier alpha value is -0.430. The summed E-state index contributed by atoms with van der Waals surface area (Å²) in [6.07, 6.45) is 1.44. The van der Waals surface area contributed by atoms with Crippen LogP contribution in [0.5, 0.6) is 0 Å². The lowest BCUT2D eigenvalue weighted by molar-refractivity contribution is -0.115. The van der Waals surface area contributed by atoms with Crippen molar-refractivity contribution < 1.29 is 21.6 Å². The molecule has 0 aliphatic rings. The van der Waals surface area contributed by atoms with E-state index in [4.69, 9.17) is 0 Å². The lowest BCUT2D eigenvalue weighted by Crippen LogP contribution is -2.35. The fraction of sp³-hybridized carbons (Fsp3) is 0.800. The molecule has 72 valence electrons. The van der Waals surface area contributed by atoms with Gasteiger partial charge in [-0.15, -0.1) is 0 Å². The molecule has 0 aromatic rings. The Balaban J connectivity index is 5.42. The molecule has 0 bridgehead atoms. The van der Waals surface area contributed by atoms with Gasteiger partial charge < -0.3 is 0 Å². The van der Waals surface area contributed by atoms with Crippen LogP contribution in [0.25, 0.3) is 0 Å². The Bertz CT molecular complexity index is 342. The predicted molar refractivity (Wildman–Crippen MR) is 44.2 cm³/mol. The van der Waals surface area contributed by atoms with E-state index in [9.17, 15) is 21.6 Å². The van der Waals surface area contributed by atoms with E-state index in [0.717, 1.165) is 19.4 Å². The van der Waals surface area contributed by atoms with E-state index in [-0.39, 0.29) is 0 Å². The van der Waals surface area contributed by atoms with Gasteiger partial charge in [-0.05, 0) is 6.92 Å². The maximum Gasteiger partial charge on any atom is 0.219 e. The van der Waals surface area contributed by atoms with Gasteiger partial charge in [0.25, 0.3) is 0 Å². The van der Waals surface area contributed by atoms with Crippen molar-refractivity contribution in [3.63, 3.8) is 0 Å². The van der Waals surface area contributed by atoms with Gasteiger partial charge in [0.2, 0.25) is 4.58 Å². The summed E-state index contributed by atoms with van der Waals surface area (Å²) < 4.78 is 41.4. The zero-order valence-corrected chi connectivity index (χ0v) is 8.57. The third kappa shape index (κ3) is 2.90. The van der Waals surface area contributed by atoms with Crippen molar-refractivity contribution in [3.8, 4) is 0 Å². The van der Waals surface area contributed by atoms with Crippen LogP contribution in [-0.2, 0) is 24.5 Å². The molecule has 0 unspecified atom stereocenters. The first kappa shape index (κ1) is 11.6. The molecular formula is C5H10O5S2. The van der Waals surface area contributed by atoms with Crippen LogP contribution in [0.15, 0.2) is 0 Å². The topological polar surface area (TPSA) is 85.3 Å². The van der Waals surface area contributed by atoms with Crippen LogP contribution in [-0.4, -0.2) is 39.7 Å². The van der Waals surface area contributed by atoms with Crippen molar-refractivity contribution in [1.82, 2.24) is 0 Å². The van der Waals surface area contributed by atoms with Crippen LogP contribution in [0.2, 0.25) is 0 Å². The average Bonchev–Trinajstić information content (AvgIpc) is 1.49. The molecule has 0 heterocycles. The number of sulfone groups is 2. The fourth-order valence-corrected chi connectivity index (χ4v) is 4.67. The highest BCUT2D eigenvalue weighted by atomic mass is 32.3. The molecule has 7 heteroatoms. The van der Waals surface area contributed by atoms with Crippen molar-refractivity contribution in [1.29, 1.82) is 0 Å². The van der Waals surface area contributed by atoms with E-state index in [1.807, 2.05) is 0 Å². The molecule has 0 saturated heterocycles. The highest BCUT2D eigenvalue weighted by Gasteiger charge is 2.35. The van der Waals surface area contributed by atoms with E-state index >= 15 is 0 Å². The van der Waals surface area contributed by atoms with E-state index < -0.39 is 30.0 Å². The number of hydrogen-bond donors (Lipinski definition) is 0. The van der Waals surface area contributed by atoms with Crippen LogP contribution in [0.3, 0.4) is 0 Å². The van der Waals surface area contributed by atoms with Gasteiger partial charge in [-0.25, -0.2) is 16.8 Å². The second kappa shape index (κ2) is 3.14. The van der Waals surface area contributed by atoms with Crippen molar-refractivity contribution in [3.05, 3.63) is 0 Å². The second-order valence-corrected chi connectivity index (χ2v) is 7.16. The Kier molecular flexibility index (Phi) is 3.02. The molecule has 0 amide bonds. The van der Waals surface area contributed by atoms with E-state index in [0.29, 0.717) is 0 Å². The second-order valence-electron chi connectivity index (χ2n) is 2.60. The Labute approximate surface area is 71.6 Å². The summed E-state index contributed by atoms with van der Waals surface area (Å²) in [4.78, 5) is 10.7. The summed E-state index contributed by atoms with van der Waals surface area (Å²) in [7, 11) is -7.72. The molecule has 0 fully saturated rings. The van der Waals surface area contributed by atoms with Crippen LogP contribution < -0.4 is 0 Å². The zero-order chi connectivity index (χ0) is 10.2. The van der Waals surface area contributed by atoms with Gasteiger partial charge in [-0.3, -0.25) is 4.79 Å². The van der Waals surface area contributed by atoms with E-state index in [1.165, 1.54) is 0 Å². The average molecular weight is 214 g/mol. The lowest BCUT2D eigenvalue weighted by Gasteiger charge is -2.08. The van der Waals surface area contributed by atoms with Gasteiger partial charge in [-0.1, -0.05) is 0 Å². The maximum atomic E-state index is 10.8. The first-order chi connectivity index (χ1) is 5.07. The van der Waals surface area contributed by atoms with Crippen molar-refractivity contribution in [2.75, 3.05) is 12.5 Å². The monoisotopic (exact) mass is 214 g/mol. The molecule has 0 saturated carbocycles. The summed E-state index contributed by atoms with van der Waals surface area (Å²) in [6, 6.07) is 0. The van der Waals surface area contributed by atoms with Crippen LogP contribution in [0.1, 0.15) is 6.92 Å². The maximum absolute atomic E-state index is 10.8. The van der Waals surface area contributed by atoms with Gasteiger partial charge in [0, 0.05) is 12.5 Å². The number of carbonyl (C=O) groups excluding carboxylic acids is 1. The third-order valence-electron chi connectivity index (χ3n) is 1.11. The quantitative estimate of drug-likeness (QED) is 0.601. The van der Waals surface area contributed by atoms with Gasteiger partial charge in [0.1, 0.15) is 0 Å². The lowest BCUT2D eigenvalue weighted by atomic mass is 10.5. The summed E-state index contributed by atoms with van der Waals surface area (Å²) in [5.74, 6) is -0.875. The van der Waals surface area contributed by atoms with Gasteiger partial charge in [0.15, 0.2) is 25.5 Å². The summed E-state index contributed by atoms with van der Waals surface area (Å²) >= 11 is 0. The van der Waals surface area contributed by atoms with Gasteiger partial charge in [0.05, 0.1) is 0 Å². The molecule has 0 atom stereocenters. The summed E-state index contributed by atoms with van der Waals surface area (Å²) in [5.41, 5.74) is 0. The molecule has 0 aliphatic carbocycles. The normalized spacial score (nSPS) is 13.3. The van der Waals surface area contributed by atoms with Crippen molar-refractivity contribution >= 4 is 25.5 Å². The number of hydrogen-bond acceptors (Lipinski definition) is 5.